The number of hydrogen-bond donors (Lipinski definition) is 1. The molecular formula is C13H19N5. The van der Waals surface area contributed by atoms with Crippen molar-refractivity contribution < 1.29 is 0 Å². The molecule has 3 rings (SSSR count). The van der Waals surface area contributed by atoms with Gasteiger partial charge in [0.2, 0.25) is 0 Å². The van der Waals surface area contributed by atoms with Crippen molar-refractivity contribution >= 4 is 17.3 Å². The minimum absolute atomic E-state index is 0.842. The molecule has 2 aromatic rings. The Kier molecular flexibility index (Phi) is 2.81. The first kappa shape index (κ1) is 11.3. The summed E-state index contributed by atoms with van der Waals surface area (Å²) in [6.07, 6.45) is 8.47. The number of nitrogens with zero attached hydrogens (tertiary/aromatic N) is 4. The molecule has 0 spiro atoms. The van der Waals surface area contributed by atoms with Crippen molar-refractivity contribution in [3.63, 3.8) is 0 Å². The third kappa shape index (κ3) is 2.12. The van der Waals surface area contributed by atoms with Crippen LogP contribution in [0.4, 0.5) is 11.6 Å². The summed E-state index contributed by atoms with van der Waals surface area (Å²) >= 11 is 0. The smallest absolute Gasteiger partial charge is 0.180 e. The Morgan fingerprint density at radius 2 is 2.33 bits per heavy atom. The van der Waals surface area contributed by atoms with Gasteiger partial charge < -0.3 is 14.6 Å². The van der Waals surface area contributed by atoms with E-state index in [1.807, 2.05) is 23.0 Å². The maximum atomic E-state index is 4.68. The lowest BCUT2D eigenvalue weighted by Gasteiger charge is -2.19. The molecule has 2 heterocycles. The fourth-order valence-electron chi connectivity index (χ4n) is 2.21. The highest BCUT2D eigenvalue weighted by atomic mass is 15.2. The van der Waals surface area contributed by atoms with Crippen molar-refractivity contribution in [2.45, 2.75) is 19.8 Å². The predicted octanol–water partition coefficient (Wildman–Crippen LogP) is 2.01. The average molecular weight is 245 g/mol. The largest absolute Gasteiger partial charge is 0.369 e. The standard InChI is InChI=1S/C13H19N5/c1-3-14-11-9-18-7-6-15-12(18)13(16-11)17(2)8-10-4-5-10/h6-7,9-10,14H,3-5,8H2,1-2H3. The summed E-state index contributed by atoms with van der Waals surface area (Å²) in [5, 5.41) is 3.27. The van der Waals surface area contributed by atoms with Crippen LogP contribution < -0.4 is 10.2 Å². The molecule has 1 saturated carbocycles. The molecule has 1 aliphatic carbocycles. The number of aromatic nitrogens is 3. The van der Waals surface area contributed by atoms with Crippen LogP contribution >= 0.6 is 0 Å². The summed E-state index contributed by atoms with van der Waals surface area (Å²) in [4.78, 5) is 11.3. The molecule has 0 amide bonds. The summed E-state index contributed by atoms with van der Waals surface area (Å²) in [5.41, 5.74) is 0.930. The van der Waals surface area contributed by atoms with Crippen molar-refractivity contribution in [1.82, 2.24) is 14.4 Å². The van der Waals surface area contributed by atoms with Crippen molar-refractivity contribution in [2.75, 3.05) is 30.4 Å². The molecule has 0 bridgehead atoms. The second kappa shape index (κ2) is 4.48. The molecule has 5 heteroatoms. The van der Waals surface area contributed by atoms with E-state index in [1.54, 1.807) is 0 Å². The van der Waals surface area contributed by atoms with Crippen LogP contribution in [-0.2, 0) is 0 Å². The molecule has 0 aliphatic heterocycles. The minimum atomic E-state index is 0.842. The Morgan fingerprint density at radius 3 is 3.06 bits per heavy atom. The van der Waals surface area contributed by atoms with Crippen LogP contribution in [0.5, 0.6) is 0 Å². The maximum Gasteiger partial charge on any atom is 0.180 e. The lowest BCUT2D eigenvalue weighted by molar-refractivity contribution is 0.776. The Hall–Kier alpha value is -1.78. The van der Waals surface area contributed by atoms with Crippen molar-refractivity contribution in [1.29, 1.82) is 0 Å². The van der Waals surface area contributed by atoms with E-state index in [0.29, 0.717) is 0 Å². The molecule has 0 saturated heterocycles. The highest BCUT2D eigenvalue weighted by Gasteiger charge is 2.24. The predicted molar refractivity (Wildman–Crippen MR) is 73.1 cm³/mol. The Bertz CT molecular complexity index is 543. The second-order valence-corrected chi connectivity index (χ2v) is 4.96. The van der Waals surface area contributed by atoms with Crippen LogP contribution in [-0.4, -0.2) is 34.5 Å². The van der Waals surface area contributed by atoms with Gasteiger partial charge in [0, 0.05) is 32.5 Å². The van der Waals surface area contributed by atoms with Crippen LogP contribution in [0.15, 0.2) is 18.6 Å². The van der Waals surface area contributed by atoms with E-state index in [0.717, 1.165) is 36.3 Å². The molecule has 1 fully saturated rings. The first-order valence-electron chi connectivity index (χ1n) is 6.56. The lowest BCUT2D eigenvalue weighted by Crippen LogP contribution is -2.22. The normalized spacial score (nSPS) is 15.0. The van der Waals surface area contributed by atoms with E-state index in [-0.39, 0.29) is 0 Å². The number of hydrogen-bond acceptors (Lipinski definition) is 4. The van der Waals surface area contributed by atoms with Gasteiger partial charge >= 0.3 is 0 Å². The highest BCUT2D eigenvalue weighted by molar-refractivity contribution is 5.66. The van der Waals surface area contributed by atoms with E-state index < -0.39 is 0 Å². The van der Waals surface area contributed by atoms with Gasteiger partial charge in [-0.1, -0.05) is 0 Å². The van der Waals surface area contributed by atoms with E-state index in [2.05, 4.69) is 34.2 Å². The fourth-order valence-corrected chi connectivity index (χ4v) is 2.21. The van der Waals surface area contributed by atoms with Gasteiger partial charge in [-0.15, -0.1) is 0 Å². The van der Waals surface area contributed by atoms with Crippen molar-refractivity contribution in [3.8, 4) is 0 Å². The molecule has 0 radical (unpaired) electrons. The third-order valence-corrected chi connectivity index (χ3v) is 3.30. The number of rotatable bonds is 5. The molecule has 1 N–H and O–H groups in total. The molecule has 2 aromatic heterocycles. The average Bonchev–Trinajstić information content (AvgIpc) is 3.04. The first-order chi connectivity index (χ1) is 8.78. The summed E-state index contributed by atoms with van der Waals surface area (Å²) in [6.45, 7) is 4.03. The highest BCUT2D eigenvalue weighted by Crippen LogP contribution is 2.31. The molecule has 96 valence electrons. The summed E-state index contributed by atoms with van der Waals surface area (Å²) in [6, 6.07) is 0. The first-order valence-corrected chi connectivity index (χ1v) is 6.56. The van der Waals surface area contributed by atoms with Gasteiger partial charge in [0.15, 0.2) is 11.5 Å². The van der Waals surface area contributed by atoms with Crippen LogP contribution in [0.25, 0.3) is 5.65 Å². The van der Waals surface area contributed by atoms with E-state index in [4.69, 9.17) is 0 Å². The molecule has 18 heavy (non-hydrogen) atoms. The van der Waals surface area contributed by atoms with Crippen LogP contribution in [0.1, 0.15) is 19.8 Å². The van der Waals surface area contributed by atoms with Crippen LogP contribution in [0.3, 0.4) is 0 Å². The van der Waals surface area contributed by atoms with Crippen molar-refractivity contribution in [3.05, 3.63) is 18.6 Å². The van der Waals surface area contributed by atoms with Gasteiger partial charge in [-0.25, -0.2) is 9.97 Å². The molecular weight excluding hydrogens is 226 g/mol. The van der Waals surface area contributed by atoms with Gasteiger partial charge in [0.1, 0.15) is 5.82 Å². The lowest BCUT2D eigenvalue weighted by atomic mass is 10.4. The monoisotopic (exact) mass is 245 g/mol. The second-order valence-electron chi connectivity index (χ2n) is 4.96. The zero-order chi connectivity index (χ0) is 12.5. The van der Waals surface area contributed by atoms with E-state index in [1.165, 1.54) is 12.8 Å². The Balaban J connectivity index is 1.97. The number of anilines is 2. The van der Waals surface area contributed by atoms with Gasteiger partial charge in [0.05, 0.1) is 6.20 Å². The molecule has 0 atom stereocenters. The molecule has 0 unspecified atom stereocenters. The number of imidazole rings is 1. The van der Waals surface area contributed by atoms with Gasteiger partial charge in [-0.05, 0) is 25.7 Å². The fraction of sp³-hybridized carbons (Fsp3) is 0.538. The third-order valence-electron chi connectivity index (χ3n) is 3.30. The van der Waals surface area contributed by atoms with E-state index in [9.17, 15) is 0 Å². The van der Waals surface area contributed by atoms with E-state index >= 15 is 0 Å². The Labute approximate surface area is 107 Å². The topological polar surface area (TPSA) is 45.5 Å². The molecule has 1 aliphatic rings. The minimum Gasteiger partial charge on any atom is -0.369 e. The Morgan fingerprint density at radius 1 is 1.50 bits per heavy atom. The summed E-state index contributed by atoms with van der Waals surface area (Å²) in [7, 11) is 2.10. The quantitative estimate of drug-likeness (QED) is 0.875. The zero-order valence-corrected chi connectivity index (χ0v) is 10.9. The van der Waals surface area contributed by atoms with Gasteiger partial charge in [0.25, 0.3) is 0 Å². The van der Waals surface area contributed by atoms with Crippen LogP contribution in [0, 0.1) is 5.92 Å². The van der Waals surface area contributed by atoms with Crippen molar-refractivity contribution in [2.24, 2.45) is 5.92 Å². The SMILES string of the molecule is CCNc1cn2ccnc2c(N(C)CC2CC2)n1. The van der Waals surface area contributed by atoms with Gasteiger partial charge in [-0.3, -0.25) is 0 Å². The van der Waals surface area contributed by atoms with Crippen LogP contribution in [0.2, 0.25) is 0 Å². The summed E-state index contributed by atoms with van der Waals surface area (Å²) < 4.78 is 2.03. The number of fused-ring (bicyclic) bond motifs is 1. The summed E-state index contributed by atoms with van der Waals surface area (Å²) in [5.74, 6) is 2.71. The number of nitrogens with one attached hydrogen (secondary N) is 1. The zero-order valence-electron chi connectivity index (χ0n) is 10.9. The molecule has 0 aromatic carbocycles. The maximum absolute atomic E-state index is 4.68. The van der Waals surface area contributed by atoms with Gasteiger partial charge in [-0.2, -0.15) is 0 Å². The molecule has 5 nitrogen and oxygen atoms in total.